The van der Waals surface area contributed by atoms with Crippen LogP contribution in [0.5, 0.6) is 0 Å². The lowest BCUT2D eigenvalue weighted by molar-refractivity contribution is 0.102. The number of rotatable bonds is 4. The van der Waals surface area contributed by atoms with Gasteiger partial charge in [-0.1, -0.05) is 0 Å². The molecule has 0 saturated carbocycles. The fourth-order valence-corrected chi connectivity index (χ4v) is 2.84. The second-order valence-corrected chi connectivity index (χ2v) is 6.03. The molecular weight excluding hydrogens is 312 g/mol. The Morgan fingerprint density at radius 1 is 1.30 bits per heavy atom. The van der Waals surface area contributed by atoms with Crippen molar-refractivity contribution in [1.29, 1.82) is 0 Å². The Labute approximate surface area is 137 Å². The van der Waals surface area contributed by atoms with Crippen LogP contribution in [0.15, 0.2) is 40.3 Å². The van der Waals surface area contributed by atoms with Crippen molar-refractivity contribution in [2.24, 2.45) is 0 Å². The van der Waals surface area contributed by atoms with Gasteiger partial charge in [-0.15, -0.1) is 11.3 Å². The fourth-order valence-electron chi connectivity index (χ4n) is 2.08. The van der Waals surface area contributed by atoms with E-state index >= 15 is 0 Å². The van der Waals surface area contributed by atoms with Crippen LogP contribution in [0.1, 0.15) is 16.2 Å². The van der Waals surface area contributed by atoms with Crippen LogP contribution in [0, 0.1) is 6.92 Å². The van der Waals surface area contributed by atoms with E-state index in [0.717, 1.165) is 5.76 Å². The molecule has 0 radical (unpaired) electrons. The molecule has 0 spiro atoms. The molecule has 0 aliphatic heterocycles. The second kappa shape index (κ2) is 6.21. The van der Waals surface area contributed by atoms with E-state index in [-0.39, 0.29) is 5.91 Å². The molecule has 3 heterocycles. The third kappa shape index (κ3) is 3.24. The number of furan rings is 1. The van der Waals surface area contributed by atoms with Crippen LogP contribution < -0.4 is 10.2 Å². The highest BCUT2D eigenvalue weighted by atomic mass is 32.1. The van der Waals surface area contributed by atoms with Crippen molar-refractivity contribution < 1.29 is 9.21 Å². The Hall–Kier alpha value is -2.67. The lowest BCUT2D eigenvalue weighted by Gasteiger charge is -2.15. The topological polar surface area (TPSA) is 71.3 Å². The Bertz CT molecular complexity index is 838. The highest BCUT2D eigenvalue weighted by Gasteiger charge is 2.16. The highest BCUT2D eigenvalue weighted by molar-refractivity contribution is 7.13. The maximum absolute atomic E-state index is 12.4. The molecular formula is C16H16N4O2S. The minimum atomic E-state index is -0.271. The Morgan fingerprint density at radius 2 is 2.13 bits per heavy atom. The van der Waals surface area contributed by atoms with Gasteiger partial charge in [-0.25, -0.2) is 9.97 Å². The van der Waals surface area contributed by atoms with Crippen LogP contribution >= 0.6 is 11.3 Å². The first-order chi connectivity index (χ1) is 11.0. The lowest BCUT2D eigenvalue weighted by atomic mass is 10.3. The lowest BCUT2D eigenvalue weighted by Crippen LogP contribution is -2.18. The maximum atomic E-state index is 12.4. The van der Waals surface area contributed by atoms with Gasteiger partial charge in [0.2, 0.25) is 0 Å². The summed E-state index contributed by atoms with van der Waals surface area (Å²) in [6, 6.07) is 7.31. The van der Waals surface area contributed by atoms with Gasteiger partial charge in [-0.3, -0.25) is 4.79 Å². The fraction of sp³-hybridized carbons (Fsp3) is 0.188. The van der Waals surface area contributed by atoms with Crippen molar-refractivity contribution in [3.8, 4) is 10.8 Å². The molecule has 0 aromatic carbocycles. The van der Waals surface area contributed by atoms with Crippen LogP contribution in [0.2, 0.25) is 0 Å². The van der Waals surface area contributed by atoms with E-state index in [1.54, 1.807) is 17.6 Å². The number of hydrogen-bond donors (Lipinski definition) is 1. The SMILES string of the molecule is Cc1ccc(-c2nc(C(=O)Nc3cccnc3N(C)C)cs2)o1. The summed E-state index contributed by atoms with van der Waals surface area (Å²) in [5.74, 6) is 1.90. The summed E-state index contributed by atoms with van der Waals surface area (Å²) < 4.78 is 5.53. The normalized spacial score (nSPS) is 10.6. The van der Waals surface area contributed by atoms with E-state index in [0.29, 0.717) is 28.0 Å². The number of aromatic nitrogens is 2. The minimum absolute atomic E-state index is 0.271. The van der Waals surface area contributed by atoms with E-state index in [2.05, 4.69) is 15.3 Å². The molecule has 0 bridgehead atoms. The van der Waals surface area contributed by atoms with Gasteiger partial charge in [-0.2, -0.15) is 0 Å². The number of hydrogen-bond acceptors (Lipinski definition) is 6. The first kappa shape index (κ1) is 15.2. The molecule has 1 N–H and O–H groups in total. The Balaban J connectivity index is 1.81. The summed E-state index contributed by atoms with van der Waals surface area (Å²) in [7, 11) is 3.75. The molecule has 0 saturated heterocycles. The monoisotopic (exact) mass is 328 g/mol. The van der Waals surface area contributed by atoms with Crippen molar-refractivity contribution in [2.75, 3.05) is 24.3 Å². The first-order valence-corrected chi connectivity index (χ1v) is 7.88. The van der Waals surface area contributed by atoms with Crippen molar-refractivity contribution in [3.05, 3.63) is 47.3 Å². The van der Waals surface area contributed by atoms with Gasteiger partial charge in [0.25, 0.3) is 5.91 Å². The van der Waals surface area contributed by atoms with Gasteiger partial charge in [-0.05, 0) is 31.2 Å². The number of thiazole rings is 1. The molecule has 3 aromatic rings. The summed E-state index contributed by atoms with van der Waals surface area (Å²) in [6.07, 6.45) is 1.69. The predicted molar refractivity (Wildman–Crippen MR) is 91.1 cm³/mol. The van der Waals surface area contributed by atoms with Crippen molar-refractivity contribution >= 4 is 28.7 Å². The number of nitrogens with zero attached hydrogens (tertiary/aromatic N) is 3. The van der Waals surface area contributed by atoms with Gasteiger partial charge in [0.15, 0.2) is 16.6 Å². The van der Waals surface area contributed by atoms with Crippen LogP contribution in [0.4, 0.5) is 11.5 Å². The molecule has 0 aliphatic rings. The van der Waals surface area contributed by atoms with Crippen LogP contribution in [-0.2, 0) is 0 Å². The van der Waals surface area contributed by atoms with Crippen molar-refractivity contribution in [2.45, 2.75) is 6.92 Å². The molecule has 0 aliphatic carbocycles. The molecule has 3 aromatic heterocycles. The molecule has 23 heavy (non-hydrogen) atoms. The Kier molecular flexibility index (Phi) is 4.12. The Morgan fingerprint density at radius 3 is 2.83 bits per heavy atom. The van der Waals surface area contributed by atoms with E-state index in [4.69, 9.17) is 4.42 Å². The number of pyridine rings is 1. The smallest absolute Gasteiger partial charge is 0.275 e. The zero-order valence-corrected chi connectivity index (χ0v) is 13.8. The average Bonchev–Trinajstić information content (AvgIpc) is 3.16. The van der Waals surface area contributed by atoms with Crippen molar-refractivity contribution in [3.63, 3.8) is 0 Å². The predicted octanol–water partition coefficient (Wildman–Crippen LogP) is 3.42. The standard InChI is InChI=1S/C16H16N4O2S/c1-10-6-7-13(22-10)16-19-12(9-23-16)15(21)18-11-5-4-8-17-14(11)20(2)3/h4-9H,1-3H3,(H,18,21). The second-order valence-electron chi connectivity index (χ2n) is 5.17. The van der Waals surface area contributed by atoms with Gasteiger partial charge >= 0.3 is 0 Å². The van der Waals surface area contributed by atoms with E-state index < -0.39 is 0 Å². The minimum Gasteiger partial charge on any atom is -0.459 e. The third-order valence-electron chi connectivity index (χ3n) is 3.15. The zero-order valence-electron chi connectivity index (χ0n) is 13.0. The number of nitrogens with one attached hydrogen (secondary N) is 1. The van der Waals surface area contributed by atoms with Crippen LogP contribution in [0.25, 0.3) is 10.8 Å². The zero-order chi connectivity index (χ0) is 16.4. The van der Waals surface area contributed by atoms with E-state index in [1.165, 1.54) is 11.3 Å². The van der Waals surface area contributed by atoms with Crippen molar-refractivity contribution in [1.82, 2.24) is 9.97 Å². The number of carbonyl (C=O) groups excluding carboxylic acids is 1. The maximum Gasteiger partial charge on any atom is 0.275 e. The van der Waals surface area contributed by atoms with Gasteiger partial charge in [0, 0.05) is 25.7 Å². The summed E-state index contributed by atoms with van der Waals surface area (Å²) in [5, 5.41) is 5.25. The number of aryl methyl sites for hydroxylation is 1. The third-order valence-corrected chi connectivity index (χ3v) is 4.00. The molecule has 6 nitrogen and oxygen atoms in total. The summed E-state index contributed by atoms with van der Waals surface area (Å²) in [5.41, 5.74) is 0.999. The van der Waals surface area contributed by atoms with Crippen LogP contribution in [-0.4, -0.2) is 30.0 Å². The van der Waals surface area contributed by atoms with E-state index in [9.17, 15) is 4.79 Å². The van der Waals surface area contributed by atoms with Gasteiger partial charge < -0.3 is 14.6 Å². The molecule has 7 heteroatoms. The highest BCUT2D eigenvalue weighted by Crippen LogP contribution is 2.26. The van der Waals surface area contributed by atoms with E-state index in [1.807, 2.05) is 44.1 Å². The quantitative estimate of drug-likeness (QED) is 0.794. The molecule has 118 valence electrons. The molecule has 0 atom stereocenters. The molecule has 3 rings (SSSR count). The first-order valence-electron chi connectivity index (χ1n) is 7.00. The molecule has 1 amide bonds. The average molecular weight is 328 g/mol. The summed E-state index contributed by atoms with van der Waals surface area (Å²) >= 11 is 1.37. The molecule has 0 unspecified atom stereocenters. The van der Waals surface area contributed by atoms with Gasteiger partial charge in [0.05, 0.1) is 5.69 Å². The van der Waals surface area contributed by atoms with Crippen LogP contribution in [0.3, 0.4) is 0 Å². The largest absolute Gasteiger partial charge is 0.459 e. The summed E-state index contributed by atoms with van der Waals surface area (Å²) in [6.45, 7) is 1.87. The number of amides is 1. The number of anilines is 2. The van der Waals surface area contributed by atoms with Gasteiger partial charge in [0.1, 0.15) is 11.5 Å². The number of carbonyl (C=O) groups is 1. The summed E-state index contributed by atoms with van der Waals surface area (Å²) in [4.78, 5) is 22.8. The molecule has 0 fully saturated rings.